The Morgan fingerprint density at radius 3 is 2.54 bits per heavy atom. The van der Waals surface area contributed by atoms with Crippen molar-refractivity contribution in [3.63, 3.8) is 0 Å². The first kappa shape index (κ1) is 20.0. The molecule has 0 saturated carbocycles. The number of thiophene rings is 1. The average molecular weight is 423 g/mol. The number of ether oxygens (including phenoxy) is 1. The summed E-state index contributed by atoms with van der Waals surface area (Å²) in [6.07, 6.45) is 1.36. The van der Waals surface area contributed by atoms with E-state index in [-0.39, 0.29) is 15.7 Å². The number of esters is 1. The van der Waals surface area contributed by atoms with Crippen LogP contribution in [0.4, 0.5) is 11.4 Å². The number of nitrogens with one attached hydrogen (secondary N) is 1. The molecule has 0 radical (unpaired) electrons. The minimum Gasteiger partial charge on any atom is -0.452 e. The van der Waals surface area contributed by atoms with Crippen LogP contribution in [0, 0.1) is 0 Å². The van der Waals surface area contributed by atoms with Gasteiger partial charge in [-0.15, -0.1) is 11.3 Å². The van der Waals surface area contributed by atoms with Crippen molar-refractivity contribution in [3.05, 3.63) is 41.3 Å². The smallest absolute Gasteiger partial charge is 0.339 e. The maximum Gasteiger partial charge on any atom is 0.339 e. The van der Waals surface area contributed by atoms with Gasteiger partial charge in [-0.25, -0.2) is 18.4 Å². The van der Waals surface area contributed by atoms with E-state index >= 15 is 0 Å². The average Bonchev–Trinajstić information content (AvgIpc) is 3.29. The molecule has 9 nitrogen and oxygen atoms in total. The molecular formula is C17H17N3O6S2. The monoisotopic (exact) mass is 423 g/mol. The van der Waals surface area contributed by atoms with Gasteiger partial charge in [-0.1, -0.05) is 0 Å². The molecule has 0 spiro atoms. The van der Waals surface area contributed by atoms with E-state index in [0.717, 1.165) is 29.5 Å². The molecule has 2 heterocycles. The predicted molar refractivity (Wildman–Crippen MR) is 103 cm³/mol. The van der Waals surface area contributed by atoms with E-state index in [2.05, 4.69) is 5.32 Å². The van der Waals surface area contributed by atoms with Crippen LogP contribution in [0.15, 0.2) is 39.9 Å². The highest BCUT2D eigenvalue weighted by atomic mass is 32.2. The van der Waals surface area contributed by atoms with E-state index in [1.165, 1.54) is 5.38 Å². The summed E-state index contributed by atoms with van der Waals surface area (Å²) in [7, 11) is -3.89. The van der Waals surface area contributed by atoms with Crippen molar-refractivity contribution in [1.82, 2.24) is 0 Å². The van der Waals surface area contributed by atoms with Gasteiger partial charge in [0.15, 0.2) is 6.61 Å². The van der Waals surface area contributed by atoms with Gasteiger partial charge in [0.05, 0.1) is 5.56 Å². The van der Waals surface area contributed by atoms with Gasteiger partial charge in [-0.3, -0.25) is 9.59 Å². The number of primary sulfonamides is 1. The van der Waals surface area contributed by atoms with Gasteiger partial charge in [-0.2, -0.15) is 0 Å². The molecule has 1 saturated heterocycles. The van der Waals surface area contributed by atoms with Crippen LogP contribution in [0.25, 0.3) is 0 Å². The van der Waals surface area contributed by atoms with E-state index in [0.29, 0.717) is 18.7 Å². The topological polar surface area (TPSA) is 136 Å². The molecule has 0 atom stereocenters. The molecule has 3 N–H and O–H groups in total. The van der Waals surface area contributed by atoms with Gasteiger partial charge in [-0.05, 0) is 36.8 Å². The maximum atomic E-state index is 11.9. The van der Waals surface area contributed by atoms with Gasteiger partial charge in [0, 0.05) is 29.7 Å². The molecule has 1 aliphatic heterocycles. The van der Waals surface area contributed by atoms with E-state index in [1.807, 2.05) is 0 Å². The van der Waals surface area contributed by atoms with Gasteiger partial charge < -0.3 is 15.0 Å². The van der Waals surface area contributed by atoms with Gasteiger partial charge in [0.1, 0.15) is 4.21 Å². The minimum absolute atomic E-state index is 0.00135. The molecule has 2 amide bonds. The first-order valence-corrected chi connectivity index (χ1v) is 10.7. The lowest BCUT2D eigenvalue weighted by atomic mass is 10.2. The highest BCUT2D eigenvalue weighted by Gasteiger charge is 2.21. The van der Waals surface area contributed by atoms with Crippen LogP contribution >= 0.6 is 11.3 Å². The molecule has 0 unspecified atom stereocenters. The number of hydrogen-bond donors (Lipinski definition) is 2. The molecular weight excluding hydrogens is 406 g/mol. The van der Waals surface area contributed by atoms with Gasteiger partial charge in [0.2, 0.25) is 15.9 Å². The summed E-state index contributed by atoms with van der Waals surface area (Å²) < 4.78 is 27.1. The fraction of sp³-hybridized carbons (Fsp3) is 0.235. The molecule has 1 aliphatic rings. The van der Waals surface area contributed by atoms with Crippen molar-refractivity contribution in [3.8, 4) is 0 Å². The number of anilines is 2. The normalized spacial score (nSPS) is 14.2. The first-order valence-electron chi connectivity index (χ1n) is 8.23. The Kier molecular flexibility index (Phi) is 5.77. The Bertz CT molecular complexity index is 1010. The second kappa shape index (κ2) is 8.09. The molecule has 1 aromatic heterocycles. The Labute approximate surface area is 165 Å². The molecule has 1 aromatic carbocycles. The summed E-state index contributed by atoms with van der Waals surface area (Å²) in [6, 6.07) is 7.85. The molecule has 0 bridgehead atoms. The summed E-state index contributed by atoms with van der Waals surface area (Å²) >= 11 is 0.791. The molecule has 3 rings (SSSR count). The Morgan fingerprint density at radius 2 is 1.96 bits per heavy atom. The van der Waals surface area contributed by atoms with Crippen molar-refractivity contribution in [2.24, 2.45) is 5.14 Å². The van der Waals surface area contributed by atoms with Crippen LogP contribution in [-0.4, -0.2) is 39.4 Å². The van der Waals surface area contributed by atoms with E-state index in [1.54, 1.807) is 29.2 Å². The fourth-order valence-electron chi connectivity index (χ4n) is 2.63. The highest BCUT2D eigenvalue weighted by Crippen LogP contribution is 2.23. The highest BCUT2D eigenvalue weighted by molar-refractivity contribution is 7.91. The number of carbonyl (C=O) groups is 3. The van der Waals surface area contributed by atoms with Crippen LogP contribution in [-0.2, 0) is 24.3 Å². The van der Waals surface area contributed by atoms with Crippen molar-refractivity contribution in [1.29, 1.82) is 0 Å². The molecule has 2 aromatic rings. The number of amides is 2. The summed E-state index contributed by atoms with van der Waals surface area (Å²) in [5.74, 6) is -1.31. The second-order valence-electron chi connectivity index (χ2n) is 6.02. The number of rotatable bonds is 6. The zero-order valence-corrected chi connectivity index (χ0v) is 16.2. The van der Waals surface area contributed by atoms with Gasteiger partial charge >= 0.3 is 5.97 Å². The quantitative estimate of drug-likeness (QED) is 0.673. The van der Waals surface area contributed by atoms with E-state index in [9.17, 15) is 22.8 Å². The van der Waals surface area contributed by atoms with Crippen LogP contribution in [0.1, 0.15) is 23.2 Å². The zero-order valence-electron chi connectivity index (χ0n) is 14.6. The lowest BCUT2D eigenvalue weighted by molar-refractivity contribution is -0.119. The third kappa shape index (κ3) is 4.74. The molecule has 148 valence electrons. The summed E-state index contributed by atoms with van der Waals surface area (Å²) in [5, 5.41) is 8.85. The number of sulfonamides is 1. The summed E-state index contributed by atoms with van der Waals surface area (Å²) in [4.78, 5) is 37.2. The van der Waals surface area contributed by atoms with Crippen LogP contribution in [0.5, 0.6) is 0 Å². The van der Waals surface area contributed by atoms with Crippen LogP contribution in [0.3, 0.4) is 0 Å². The predicted octanol–water partition coefficient (Wildman–Crippen LogP) is 1.32. The molecule has 11 heteroatoms. The van der Waals surface area contributed by atoms with Crippen LogP contribution in [0.2, 0.25) is 0 Å². The number of carbonyl (C=O) groups excluding carboxylic acids is 3. The van der Waals surface area contributed by atoms with E-state index in [4.69, 9.17) is 9.88 Å². The minimum atomic E-state index is -3.89. The molecule has 0 aliphatic carbocycles. The SMILES string of the molecule is NS(=O)(=O)c1cc(C(=O)OCC(=O)Nc2ccc(N3CCCC3=O)cc2)cs1. The van der Waals surface area contributed by atoms with Crippen molar-refractivity contribution in [2.45, 2.75) is 17.1 Å². The number of benzene rings is 1. The van der Waals surface area contributed by atoms with Crippen molar-refractivity contribution < 1.29 is 27.5 Å². The lowest BCUT2D eigenvalue weighted by Crippen LogP contribution is -2.23. The first-order chi connectivity index (χ1) is 13.2. The lowest BCUT2D eigenvalue weighted by Gasteiger charge is -2.16. The fourth-order valence-corrected chi connectivity index (χ4v) is 4.20. The summed E-state index contributed by atoms with van der Waals surface area (Å²) in [5.41, 5.74) is 1.25. The molecule has 28 heavy (non-hydrogen) atoms. The Hall–Kier alpha value is -2.76. The van der Waals surface area contributed by atoms with Gasteiger partial charge in [0.25, 0.3) is 5.91 Å². The molecule has 1 fully saturated rings. The zero-order chi connectivity index (χ0) is 20.3. The maximum absolute atomic E-state index is 11.9. The number of nitrogens with two attached hydrogens (primary N) is 1. The largest absolute Gasteiger partial charge is 0.452 e. The van der Waals surface area contributed by atoms with Crippen LogP contribution < -0.4 is 15.4 Å². The van der Waals surface area contributed by atoms with Crippen molar-refractivity contribution in [2.75, 3.05) is 23.4 Å². The van der Waals surface area contributed by atoms with E-state index < -0.39 is 28.5 Å². The van der Waals surface area contributed by atoms with Crippen molar-refractivity contribution >= 4 is 50.5 Å². The standard InChI is InChI=1S/C17H17N3O6S2/c18-28(24,25)16-8-11(10-27-16)17(23)26-9-14(21)19-12-3-5-13(6-4-12)20-7-1-2-15(20)22/h3-6,8,10H,1-2,7,9H2,(H,19,21)(H2,18,24,25). The Balaban J connectivity index is 1.52. The third-order valence-corrected chi connectivity index (χ3v) is 6.35. The second-order valence-corrected chi connectivity index (χ2v) is 8.72. The Morgan fingerprint density at radius 1 is 1.25 bits per heavy atom. The number of hydrogen-bond acceptors (Lipinski definition) is 7. The number of nitrogens with zero attached hydrogens (tertiary/aromatic N) is 1. The third-order valence-electron chi connectivity index (χ3n) is 3.96. The summed E-state index contributed by atoms with van der Waals surface area (Å²) in [6.45, 7) is 0.141.